The first-order chi connectivity index (χ1) is 14.4. The number of imidazole rings is 1. The molecule has 0 radical (unpaired) electrons. The number of hydrogen-bond acceptors (Lipinski definition) is 5. The number of rotatable bonds is 5. The fraction of sp³-hybridized carbons (Fsp3) is 0.0476. The maximum Gasteiger partial charge on any atom is 0.573 e. The summed E-state index contributed by atoms with van der Waals surface area (Å²) in [5.41, 5.74) is 1.55. The monoisotopic (exact) mass is 410 g/mol. The molecular formula is C21H13F3N4O2. The van der Waals surface area contributed by atoms with Crippen LogP contribution in [0.3, 0.4) is 0 Å². The fourth-order valence-electron chi connectivity index (χ4n) is 2.87. The molecule has 4 rings (SSSR count). The van der Waals surface area contributed by atoms with Crippen LogP contribution in [-0.2, 0) is 0 Å². The molecule has 0 spiro atoms. The number of halogens is 3. The van der Waals surface area contributed by atoms with Crippen molar-refractivity contribution in [3.05, 3.63) is 91.0 Å². The lowest BCUT2D eigenvalue weighted by atomic mass is 10.0. The highest BCUT2D eigenvalue weighted by molar-refractivity contribution is 6.04. The van der Waals surface area contributed by atoms with Gasteiger partial charge in [-0.1, -0.05) is 30.3 Å². The molecule has 0 fully saturated rings. The van der Waals surface area contributed by atoms with E-state index >= 15 is 0 Å². The Balaban J connectivity index is 1.66. The summed E-state index contributed by atoms with van der Waals surface area (Å²) in [4.78, 5) is 24.4. The van der Waals surface area contributed by atoms with Crippen molar-refractivity contribution in [2.24, 2.45) is 0 Å². The number of hydrogen-bond donors (Lipinski definition) is 0. The van der Waals surface area contributed by atoms with Crippen molar-refractivity contribution in [3.8, 4) is 22.6 Å². The topological polar surface area (TPSA) is 69.9 Å². The summed E-state index contributed by atoms with van der Waals surface area (Å²) in [5, 5.41) is 0. The molecule has 0 aliphatic rings. The second kappa shape index (κ2) is 7.78. The standard InChI is InChI=1S/C21H13F3N4O2/c22-21(23,24)30-18-8-2-1-7-16(18)14-5-3-6-15(11-14)28-12-17(27-13-28)19(29)20-25-9-4-10-26-20/h1-13H. The van der Waals surface area contributed by atoms with Crippen LogP contribution in [0.5, 0.6) is 5.75 Å². The molecule has 0 aliphatic carbocycles. The average molecular weight is 410 g/mol. The summed E-state index contributed by atoms with van der Waals surface area (Å²) < 4.78 is 43.9. The molecule has 0 unspecified atom stereocenters. The Bertz CT molecular complexity index is 1190. The van der Waals surface area contributed by atoms with E-state index in [1.807, 2.05) is 0 Å². The van der Waals surface area contributed by atoms with Gasteiger partial charge in [-0.15, -0.1) is 13.2 Å². The van der Waals surface area contributed by atoms with Gasteiger partial charge >= 0.3 is 6.36 Å². The van der Waals surface area contributed by atoms with Crippen LogP contribution < -0.4 is 4.74 Å². The van der Waals surface area contributed by atoms with E-state index in [2.05, 4.69) is 19.7 Å². The van der Waals surface area contributed by atoms with E-state index in [1.54, 1.807) is 41.0 Å². The van der Waals surface area contributed by atoms with Crippen LogP contribution in [0.15, 0.2) is 79.5 Å². The van der Waals surface area contributed by atoms with Gasteiger partial charge in [0.15, 0.2) is 0 Å². The third-order valence-corrected chi connectivity index (χ3v) is 4.15. The highest BCUT2D eigenvalue weighted by atomic mass is 19.4. The van der Waals surface area contributed by atoms with Crippen LogP contribution in [0.4, 0.5) is 13.2 Å². The Morgan fingerprint density at radius 3 is 2.47 bits per heavy atom. The number of carbonyl (C=O) groups is 1. The van der Waals surface area contributed by atoms with E-state index in [4.69, 9.17) is 0 Å². The van der Waals surface area contributed by atoms with Crippen molar-refractivity contribution in [3.63, 3.8) is 0 Å². The molecule has 9 heteroatoms. The largest absolute Gasteiger partial charge is 0.573 e. The molecule has 30 heavy (non-hydrogen) atoms. The molecule has 0 amide bonds. The lowest BCUT2D eigenvalue weighted by Crippen LogP contribution is -2.17. The van der Waals surface area contributed by atoms with Crippen molar-refractivity contribution in [1.29, 1.82) is 0 Å². The molecule has 2 aromatic heterocycles. The van der Waals surface area contributed by atoms with Crippen molar-refractivity contribution in [2.45, 2.75) is 6.36 Å². The van der Waals surface area contributed by atoms with E-state index in [9.17, 15) is 18.0 Å². The molecule has 0 aliphatic heterocycles. The molecule has 4 aromatic rings. The van der Waals surface area contributed by atoms with Gasteiger partial charge in [-0.25, -0.2) is 15.0 Å². The van der Waals surface area contributed by atoms with Gasteiger partial charge in [0.05, 0.1) is 0 Å². The lowest BCUT2D eigenvalue weighted by Gasteiger charge is -2.14. The average Bonchev–Trinajstić information content (AvgIpc) is 3.23. The Morgan fingerprint density at radius 2 is 1.70 bits per heavy atom. The summed E-state index contributed by atoms with van der Waals surface area (Å²) in [5.74, 6) is -0.714. The summed E-state index contributed by atoms with van der Waals surface area (Å²) in [6.07, 6.45) is 1.07. The number of benzene rings is 2. The van der Waals surface area contributed by atoms with Gasteiger partial charge in [-0.2, -0.15) is 0 Å². The molecule has 0 N–H and O–H groups in total. The molecule has 2 heterocycles. The smallest absolute Gasteiger partial charge is 0.405 e. The van der Waals surface area contributed by atoms with Crippen LogP contribution in [-0.4, -0.2) is 31.7 Å². The van der Waals surface area contributed by atoms with Gasteiger partial charge in [-0.3, -0.25) is 4.79 Å². The minimum absolute atomic E-state index is 0.0229. The first kappa shape index (κ1) is 19.3. The highest BCUT2D eigenvalue weighted by Crippen LogP contribution is 2.34. The predicted molar refractivity (Wildman–Crippen MR) is 101 cm³/mol. The molecule has 0 saturated carbocycles. The SMILES string of the molecule is O=C(c1cn(-c2cccc(-c3ccccc3OC(F)(F)F)c2)cn1)c1ncccn1. The molecule has 0 saturated heterocycles. The number of aromatic nitrogens is 4. The first-order valence-electron chi connectivity index (χ1n) is 8.72. The number of carbonyl (C=O) groups excluding carboxylic acids is 1. The maximum atomic E-state index is 12.7. The number of ketones is 1. The zero-order chi connectivity index (χ0) is 21.1. The molecule has 0 atom stereocenters. The number of nitrogens with zero attached hydrogens (tertiary/aromatic N) is 4. The molecule has 0 bridgehead atoms. The van der Waals surface area contributed by atoms with Crippen molar-refractivity contribution in [1.82, 2.24) is 19.5 Å². The van der Waals surface area contributed by atoms with Gasteiger partial charge in [0.25, 0.3) is 0 Å². The van der Waals surface area contributed by atoms with Crippen LogP contribution in [0, 0.1) is 0 Å². The van der Waals surface area contributed by atoms with Crippen molar-refractivity contribution < 1.29 is 22.7 Å². The summed E-state index contributed by atoms with van der Waals surface area (Å²) in [7, 11) is 0. The van der Waals surface area contributed by atoms with Gasteiger partial charge in [0.1, 0.15) is 17.8 Å². The molecular weight excluding hydrogens is 397 g/mol. The van der Waals surface area contributed by atoms with Gasteiger partial charge in [-0.05, 0) is 29.8 Å². The molecule has 150 valence electrons. The van der Waals surface area contributed by atoms with Gasteiger partial charge in [0, 0.05) is 29.8 Å². The normalized spacial score (nSPS) is 11.3. The van der Waals surface area contributed by atoms with E-state index in [0.29, 0.717) is 11.3 Å². The van der Waals surface area contributed by atoms with Crippen LogP contribution in [0.1, 0.15) is 16.3 Å². The number of para-hydroxylation sites is 1. The van der Waals surface area contributed by atoms with Crippen molar-refractivity contribution >= 4 is 5.78 Å². The second-order valence-electron chi connectivity index (χ2n) is 6.16. The van der Waals surface area contributed by atoms with E-state index in [-0.39, 0.29) is 22.8 Å². The van der Waals surface area contributed by atoms with E-state index in [0.717, 1.165) is 0 Å². The third-order valence-electron chi connectivity index (χ3n) is 4.15. The quantitative estimate of drug-likeness (QED) is 0.455. The minimum Gasteiger partial charge on any atom is -0.405 e. The summed E-state index contributed by atoms with van der Waals surface area (Å²) in [6.45, 7) is 0. The Labute approximate surface area is 168 Å². The molecule has 6 nitrogen and oxygen atoms in total. The number of ether oxygens (including phenoxy) is 1. The number of alkyl halides is 3. The zero-order valence-electron chi connectivity index (χ0n) is 15.2. The molecule has 2 aromatic carbocycles. The van der Waals surface area contributed by atoms with Gasteiger partial charge in [0.2, 0.25) is 11.6 Å². The Hall–Kier alpha value is -4.01. The maximum absolute atomic E-state index is 12.7. The second-order valence-corrected chi connectivity index (χ2v) is 6.16. The fourth-order valence-corrected chi connectivity index (χ4v) is 2.87. The van der Waals surface area contributed by atoms with E-state index < -0.39 is 12.1 Å². The van der Waals surface area contributed by atoms with E-state index in [1.165, 1.54) is 43.1 Å². The minimum atomic E-state index is -4.80. The lowest BCUT2D eigenvalue weighted by molar-refractivity contribution is -0.274. The van der Waals surface area contributed by atoms with Crippen LogP contribution in [0.2, 0.25) is 0 Å². The van der Waals surface area contributed by atoms with Crippen LogP contribution >= 0.6 is 0 Å². The summed E-state index contributed by atoms with van der Waals surface area (Å²) >= 11 is 0. The summed E-state index contributed by atoms with van der Waals surface area (Å²) in [6, 6.07) is 14.3. The van der Waals surface area contributed by atoms with Crippen molar-refractivity contribution in [2.75, 3.05) is 0 Å². The predicted octanol–water partition coefficient (Wildman–Crippen LogP) is 4.46. The van der Waals surface area contributed by atoms with Crippen LogP contribution in [0.25, 0.3) is 16.8 Å². The zero-order valence-corrected chi connectivity index (χ0v) is 15.2. The third kappa shape index (κ3) is 4.19. The van der Waals surface area contributed by atoms with Gasteiger partial charge < -0.3 is 9.30 Å². The highest BCUT2D eigenvalue weighted by Gasteiger charge is 2.32. The Kier molecular flexibility index (Phi) is 5.01. The first-order valence-corrected chi connectivity index (χ1v) is 8.72. The Morgan fingerprint density at radius 1 is 0.933 bits per heavy atom.